The molecule has 0 aliphatic heterocycles. The molecule has 0 spiro atoms. The number of aromatic nitrogens is 4. The zero-order valence-corrected chi connectivity index (χ0v) is 17.5. The first-order chi connectivity index (χ1) is 13.8. The Balaban J connectivity index is 1.81. The maximum atomic E-state index is 12.4. The van der Waals surface area contributed by atoms with Gasteiger partial charge in [-0.15, -0.1) is 0 Å². The number of carbonyl (C=O) groups excluding carboxylic acids is 1. The monoisotopic (exact) mass is 419 g/mol. The number of imidazole rings is 1. The zero-order chi connectivity index (χ0) is 21.3. The summed E-state index contributed by atoms with van der Waals surface area (Å²) in [4.78, 5) is 41.2. The van der Waals surface area contributed by atoms with E-state index < -0.39 is 11.2 Å². The van der Waals surface area contributed by atoms with Gasteiger partial charge in [-0.05, 0) is 0 Å². The van der Waals surface area contributed by atoms with Crippen molar-refractivity contribution in [3.05, 3.63) is 39.0 Å². The van der Waals surface area contributed by atoms with Gasteiger partial charge in [-0.1, -0.05) is 11.8 Å². The van der Waals surface area contributed by atoms with Gasteiger partial charge in [0.25, 0.3) is 5.56 Å². The first-order valence-corrected chi connectivity index (χ1v) is 9.53. The van der Waals surface area contributed by atoms with Crippen LogP contribution in [-0.4, -0.2) is 44.6 Å². The minimum Gasteiger partial charge on any atom is -0.497 e. The first-order valence-electron chi connectivity index (χ1n) is 8.55. The first kappa shape index (κ1) is 20.5. The Labute approximate surface area is 170 Å². The fraction of sp³-hybridized carbons (Fsp3) is 0.333. The van der Waals surface area contributed by atoms with Gasteiger partial charge in [-0.3, -0.25) is 18.7 Å². The summed E-state index contributed by atoms with van der Waals surface area (Å²) in [5.74, 6) is 0.906. The SMILES string of the molecule is COc1cc(NC(=O)CSc2nc3c(=O)n(C)c(=O)n(C)c3n2C)cc(OC)c1. The fourth-order valence-corrected chi connectivity index (χ4v) is 3.66. The highest BCUT2D eigenvalue weighted by atomic mass is 32.2. The second kappa shape index (κ2) is 8.03. The van der Waals surface area contributed by atoms with Gasteiger partial charge in [0, 0.05) is 45.0 Å². The number of benzene rings is 1. The Morgan fingerprint density at radius 3 is 2.24 bits per heavy atom. The molecule has 10 nitrogen and oxygen atoms in total. The second-order valence-corrected chi connectivity index (χ2v) is 7.21. The quantitative estimate of drug-likeness (QED) is 0.586. The van der Waals surface area contributed by atoms with Crippen LogP contribution >= 0.6 is 11.8 Å². The van der Waals surface area contributed by atoms with E-state index in [1.165, 1.54) is 25.8 Å². The third kappa shape index (κ3) is 3.86. The number of aryl methyl sites for hydroxylation is 2. The fourth-order valence-electron chi connectivity index (χ4n) is 2.89. The number of hydrogen-bond donors (Lipinski definition) is 1. The van der Waals surface area contributed by atoms with Gasteiger partial charge in [-0.25, -0.2) is 9.78 Å². The number of amides is 1. The third-order valence-electron chi connectivity index (χ3n) is 4.39. The van der Waals surface area contributed by atoms with Crippen LogP contribution in [0.1, 0.15) is 0 Å². The molecule has 1 N–H and O–H groups in total. The largest absolute Gasteiger partial charge is 0.497 e. The topological polar surface area (TPSA) is 109 Å². The van der Waals surface area contributed by atoms with E-state index in [2.05, 4.69) is 10.3 Å². The summed E-state index contributed by atoms with van der Waals surface area (Å²) in [7, 11) is 7.73. The lowest BCUT2D eigenvalue weighted by atomic mass is 10.2. The maximum absolute atomic E-state index is 12.4. The van der Waals surface area contributed by atoms with E-state index in [9.17, 15) is 14.4 Å². The van der Waals surface area contributed by atoms with Crippen LogP contribution in [0.15, 0.2) is 32.9 Å². The average Bonchev–Trinajstić information content (AvgIpc) is 3.05. The van der Waals surface area contributed by atoms with Crippen LogP contribution in [0.4, 0.5) is 5.69 Å². The smallest absolute Gasteiger partial charge is 0.332 e. The predicted octanol–water partition coefficient (Wildman–Crippen LogP) is 0.719. The van der Waals surface area contributed by atoms with E-state index in [1.54, 1.807) is 36.9 Å². The van der Waals surface area contributed by atoms with Gasteiger partial charge in [-0.2, -0.15) is 0 Å². The van der Waals surface area contributed by atoms with Crippen molar-refractivity contribution in [3.63, 3.8) is 0 Å². The number of rotatable bonds is 6. The zero-order valence-electron chi connectivity index (χ0n) is 16.7. The van der Waals surface area contributed by atoms with E-state index in [4.69, 9.17) is 9.47 Å². The summed E-state index contributed by atoms with van der Waals surface area (Å²) in [5, 5.41) is 3.23. The Morgan fingerprint density at radius 2 is 1.66 bits per heavy atom. The van der Waals surface area contributed by atoms with Crippen LogP contribution < -0.4 is 26.0 Å². The van der Waals surface area contributed by atoms with Crippen molar-refractivity contribution in [1.29, 1.82) is 0 Å². The molecule has 3 rings (SSSR count). The average molecular weight is 419 g/mol. The molecule has 1 aromatic carbocycles. The van der Waals surface area contributed by atoms with Crippen molar-refractivity contribution in [2.24, 2.45) is 21.1 Å². The van der Waals surface area contributed by atoms with Crippen molar-refractivity contribution in [2.45, 2.75) is 5.16 Å². The molecular weight excluding hydrogens is 398 g/mol. The lowest BCUT2D eigenvalue weighted by Gasteiger charge is -2.10. The number of hydrogen-bond acceptors (Lipinski definition) is 7. The van der Waals surface area contributed by atoms with E-state index in [-0.39, 0.29) is 17.2 Å². The molecule has 0 unspecified atom stereocenters. The highest BCUT2D eigenvalue weighted by Gasteiger charge is 2.18. The molecule has 1 amide bonds. The van der Waals surface area contributed by atoms with Crippen molar-refractivity contribution in [3.8, 4) is 11.5 Å². The Morgan fingerprint density at radius 1 is 1.03 bits per heavy atom. The van der Waals surface area contributed by atoms with Gasteiger partial charge >= 0.3 is 5.69 Å². The summed E-state index contributed by atoms with van der Waals surface area (Å²) < 4.78 is 14.4. The molecule has 3 aromatic rings. The van der Waals surface area contributed by atoms with Crippen LogP contribution in [0, 0.1) is 0 Å². The third-order valence-corrected chi connectivity index (χ3v) is 5.42. The van der Waals surface area contributed by atoms with Crippen molar-refractivity contribution >= 4 is 34.5 Å². The molecule has 0 bridgehead atoms. The molecule has 0 aliphatic carbocycles. The Kier molecular flexibility index (Phi) is 5.69. The highest BCUT2D eigenvalue weighted by Crippen LogP contribution is 2.26. The Hall–Kier alpha value is -3.21. The Bertz CT molecular complexity index is 1190. The van der Waals surface area contributed by atoms with E-state index in [0.717, 1.165) is 16.3 Å². The number of nitrogens with one attached hydrogen (secondary N) is 1. The number of fused-ring (bicyclic) bond motifs is 1. The standard InChI is InChI=1S/C18H21N5O5S/c1-21-15-14(16(25)23(3)18(26)22(15)2)20-17(21)29-9-13(24)19-10-6-11(27-4)8-12(7-10)28-5/h6-8H,9H2,1-5H3,(H,19,24). The second-order valence-electron chi connectivity index (χ2n) is 6.27. The summed E-state index contributed by atoms with van der Waals surface area (Å²) in [6.45, 7) is 0. The summed E-state index contributed by atoms with van der Waals surface area (Å²) in [5.41, 5.74) is 0.203. The number of thioether (sulfide) groups is 1. The number of anilines is 1. The summed E-state index contributed by atoms with van der Waals surface area (Å²) in [6.07, 6.45) is 0. The minimum absolute atomic E-state index is 0.0605. The highest BCUT2D eigenvalue weighted by molar-refractivity contribution is 7.99. The number of carbonyl (C=O) groups is 1. The normalized spacial score (nSPS) is 10.9. The molecule has 11 heteroatoms. The van der Waals surface area contributed by atoms with Crippen molar-refractivity contribution < 1.29 is 14.3 Å². The summed E-state index contributed by atoms with van der Waals surface area (Å²) >= 11 is 1.16. The number of nitrogens with zero attached hydrogens (tertiary/aromatic N) is 4. The van der Waals surface area contributed by atoms with Gasteiger partial charge in [0.05, 0.1) is 20.0 Å². The number of ether oxygens (including phenoxy) is 2. The molecule has 0 saturated heterocycles. The molecule has 2 heterocycles. The van der Waals surface area contributed by atoms with E-state index in [0.29, 0.717) is 28.0 Å². The molecule has 2 aromatic heterocycles. The number of methoxy groups -OCH3 is 2. The maximum Gasteiger partial charge on any atom is 0.332 e. The van der Waals surface area contributed by atoms with Gasteiger partial charge in [0.2, 0.25) is 5.91 Å². The molecule has 0 saturated carbocycles. The van der Waals surface area contributed by atoms with Crippen LogP contribution in [0.25, 0.3) is 11.2 Å². The lowest BCUT2D eigenvalue weighted by Crippen LogP contribution is -2.37. The van der Waals surface area contributed by atoms with Crippen molar-refractivity contribution in [2.75, 3.05) is 25.3 Å². The predicted molar refractivity (Wildman–Crippen MR) is 110 cm³/mol. The lowest BCUT2D eigenvalue weighted by molar-refractivity contribution is -0.113. The molecule has 0 aliphatic rings. The van der Waals surface area contributed by atoms with Gasteiger partial charge in [0.1, 0.15) is 11.5 Å². The van der Waals surface area contributed by atoms with E-state index >= 15 is 0 Å². The van der Waals surface area contributed by atoms with Gasteiger partial charge < -0.3 is 19.4 Å². The molecule has 0 radical (unpaired) electrons. The molecule has 0 atom stereocenters. The molecular formula is C18H21N5O5S. The van der Waals surface area contributed by atoms with Gasteiger partial charge in [0.15, 0.2) is 16.3 Å². The van der Waals surface area contributed by atoms with E-state index in [1.807, 2.05) is 0 Å². The van der Waals surface area contributed by atoms with Crippen LogP contribution in [0.3, 0.4) is 0 Å². The van der Waals surface area contributed by atoms with Crippen LogP contribution in [0.5, 0.6) is 11.5 Å². The van der Waals surface area contributed by atoms with Crippen molar-refractivity contribution in [1.82, 2.24) is 18.7 Å². The molecule has 0 fully saturated rings. The molecule has 154 valence electrons. The minimum atomic E-state index is -0.474. The summed E-state index contributed by atoms with van der Waals surface area (Å²) in [6, 6.07) is 5.06. The molecule has 29 heavy (non-hydrogen) atoms. The van der Waals surface area contributed by atoms with Crippen LogP contribution in [-0.2, 0) is 25.9 Å². The van der Waals surface area contributed by atoms with Crippen LogP contribution in [0.2, 0.25) is 0 Å².